The molecule has 0 aliphatic carbocycles. The van der Waals surface area contributed by atoms with Gasteiger partial charge < -0.3 is 25.5 Å². The predicted octanol–water partition coefficient (Wildman–Crippen LogP) is 1.23. The fourth-order valence-electron chi connectivity index (χ4n) is 3.01. The third-order valence-corrected chi connectivity index (χ3v) is 4.93. The Labute approximate surface area is 165 Å². The molecule has 28 heavy (non-hydrogen) atoms. The number of fused-ring (bicyclic) bond motifs is 1. The molecule has 10 heteroatoms. The molecule has 1 aliphatic heterocycles. The number of thioether (sulfide) groups is 1. The van der Waals surface area contributed by atoms with E-state index in [0.29, 0.717) is 27.8 Å². The highest BCUT2D eigenvalue weighted by molar-refractivity contribution is 7.99. The lowest BCUT2D eigenvalue weighted by Crippen LogP contribution is -2.31. The van der Waals surface area contributed by atoms with Crippen LogP contribution in [0.4, 0.5) is 5.82 Å². The van der Waals surface area contributed by atoms with Gasteiger partial charge >= 0.3 is 0 Å². The molecule has 1 aromatic heterocycles. The van der Waals surface area contributed by atoms with Crippen molar-refractivity contribution in [2.75, 3.05) is 24.8 Å². The number of anilines is 1. The summed E-state index contributed by atoms with van der Waals surface area (Å²) in [5.74, 6) is 0.400. The molecule has 0 spiro atoms. The molecule has 1 unspecified atom stereocenters. The number of hydrogen-bond acceptors (Lipinski definition) is 7. The quantitative estimate of drug-likeness (QED) is 0.466. The molecule has 0 bridgehead atoms. The zero-order valence-corrected chi connectivity index (χ0v) is 16.2. The molecule has 2 aromatic rings. The molecular weight excluding hydrogens is 384 g/mol. The van der Waals surface area contributed by atoms with Crippen LogP contribution in [0.2, 0.25) is 0 Å². The second-order valence-electron chi connectivity index (χ2n) is 6.04. The number of nitrogens with one attached hydrogen (secondary N) is 2. The number of aromatic amines is 1. The van der Waals surface area contributed by atoms with Crippen molar-refractivity contribution in [3.63, 3.8) is 0 Å². The van der Waals surface area contributed by atoms with E-state index in [1.165, 1.54) is 18.9 Å². The molecule has 148 valence electrons. The molecular formula is C18H20N4O5S. The van der Waals surface area contributed by atoms with Crippen molar-refractivity contribution in [3.05, 3.63) is 39.7 Å². The summed E-state index contributed by atoms with van der Waals surface area (Å²) in [6.45, 7) is 1.66. The number of methoxy groups -OCH3 is 1. The maximum atomic E-state index is 12.7. The van der Waals surface area contributed by atoms with E-state index in [4.69, 9.17) is 15.2 Å². The minimum atomic E-state index is -0.609. The van der Waals surface area contributed by atoms with Crippen LogP contribution in [0.25, 0.3) is 0 Å². The number of ether oxygens (including phenoxy) is 2. The van der Waals surface area contributed by atoms with E-state index in [0.717, 1.165) is 5.75 Å². The first-order chi connectivity index (χ1) is 13.4. The van der Waals surface area contributed by atoms with Crippen LogP contribution in [0.1, 0.15) is 30.4 Å². The van der Waals surface area contributed by atoms with E-state index in [2.05, 4.69) is 15.3 Å². The Bertz CT molecular complexity index is 975. The lowest BCUT2D eigenvalue weighted by atomic mass is 9.86. The minimum Gasteiger partial charge on any atom is -0.493 e. The van der Waals surface area contributed by atoms with Crippen LogP contribution in [0.3, 0.4) is 0 Å². The lowest BCUT2D eigenvalue weighted by molar-refractivity contribution is -0.120. The van der Waals surface area contributed by atoms with E-state index in [1.54, 1.807) is 18.2 Å². The number of carbonyl (C=O) groups excluding carboxylic acids is 2. The number of nitrogens with two attached hydrogens (primary N) is 1. The van der Waals surface area contributed by atoms with E-state index in [9.17, 15) is 14.4 Å². The van der Waals surface area contributed by atoms with Gasteiger partial charge in [-0.1, -0.05) is 24.8 Å². The highest BCUT2D eigenvalue weighted by atomic mass is 32.2. The molecule has 0 saturated heterocycles. The van der Waals surface area contributed by atoms with Gasteiger partial charge in [-0.05, 0) is 23.4 Å². The third-order valence-electron chi connectivity index (χ3n) is 4.17. The smallest absolute Gasteiger partial charge is 0.257 e. The Morgan fingerprint density at radius 1 is 1.36 bits per heavy atom. The van der Waals surface area contributed by atoms with Crippen LogP contribution in [0.15, 0.2) is 28.2 Å². The van der Waals surface area contributed by atoms with Crippen LogP contribution in [0.5, 0.6) is 11.5 Å². The minimum absolute atomic E-state index is 0.0999. The van der Waals surface area contributed by atoms with Crippen molar-refractivity contribution in [2.24, 2.45) is 5.73 Å². The summed E-state index contributed by atoms with van der Waals surface area (Å²) in [4.78, 5) is 43.0. The van der Waals surface area contributed by atoms with Crippen molar-refractivity contribution < 1.29 is 19.1 Å². The molecule has 2 amide bonds. The fraction of sp³-hybridized carbons (Fsp3) is 0.333. The molecule has 4 N–H and O–H groups in total. The molecule has 2 heterocycles. The Morgan fingerprint density at radius 2 is 2.14 bits per heavy atom. The largest absolute Gasteiger partial charge is 0.493 e. The molecule has 9 nitrogen and oxygen atoms in total. The van der Waals surface area contributed by atoms with Crippen molar-refractivity contribution in [3.8, 4) is 11.5 Å². The second-order valence-corrected chi connectivity index (χ2v) is 7.29. The number of carbonyl (C=O) groups is 2. The second kappa shape index (κ2) is 8.34. The monoisotopic (exact) mass is 404 g/mol. The van der Waals surface area contributed by atoms with Crippen molar-refractivity contribution >= 4 is 29.4 Å². The van der Waals surface area contributed by atoms with Crippen LogP contribution < -0.4 is 26.1 Å². The Balaban J connectivity index is 2.02. The van der Waals surface area contributed by atoms with Crippen molar-refractivity contribution in [1.82, 2.24) is 9.97 Å². The summed E-state index contributed by atoms with van der Waals surface area (Å²) in [6.07, 6.45) is 0.0999. The van der Waals surface area contributed by atoms with Gasteiger partial charge in [0, 0.05) is 12.3 Å². The van der Waals surface area contributed by atoms with Crippen LogP contribution in [-0.2, 0) is 9.59 Å². The first-order valence-corrected chi connectivity index (χ1v) is 9.57. The van der Waals surface area contributed by atoms with Gasteiger partial charge in [0.2, 0.25) is 5.91 Å². The van der Waals surface area contributed by atoms with Gasteiger partial charge in [-0.15, -0.1) is 0 Å². The van der Waals surface area contributed by atoms with E-state index < -0.39 is 11.8 Å². The summed E-state index contributed by atoms with van der Waals surface area (Å²) in [5, 5.41) is 3.14. The van der Waals surface area contributed by atoms with E-state index in [1.807, 2.05) is 6.92 Å². The zero-order chi connectivity index (χ0) is 20.3. The SMILES string of the molecule is CCSc1nc2c(c(=O)[nH]1)C(c1ccc(OCC(N)=O)c(OC)c1)CC(=O)N2. The maximum Gasteiger partial charge on any atom is 0.257 e. The number of rotatable bonds is 7. The topological polar surface area (TPSA) is 136 Å². The maximum absolute atomic E-state index is 12.7. The summed E-state index contributed by atoms with van der Waals surface area (Å²) in [7, 11) is 1.46. The highest BCUT2D eigenvalue weighted by Crippen LogP contribution is 2.38. The first kappa shape index (κ1) is 19.7. The van der Waals surface area contributed by atoms with Gasteiger partial charge in [-0.25, -0.2) is 4.98 Å². The van der Waals surface area contributed by atoms with Gasteiger partial charge in [-0.2, -0.15) is 0 Å². The van der Waals surface area contributed by atoms with Crippen LogP contribution in [-0.4, -0.2) is 41.3 Å². The number of primary amides is 1. The molecule has 0 radical (unpaired) electrons. The zero-order valence-electron chi connectivity index (χ0n) is 15.4. The van der Waals surface area contributed by atoms with Gasteiger partial charge in [0.05, 0.1) is 12.7 Å². The number of hydrogen-bond donors (Lipinski definition) is 3. The highest BCUT2D eigenvalue weighted by Gasteiger charge is 2.31. The van der Waals surface area contributed by atoms with Crippen LogP contribution in [0, 0.1) is 0 Å². The Hall–Kier alpha value is -3.01. The van der Waals surface area contributed by atoms with Crippen LogP contribution >= 0.6 is 11.8 Å². The Morgan fingerprint density at radius 3 is 2.82 bits per heavy atom. The third kappa shape index (κ3) is 4.11. The summed E-state index contributed by atoms with van der Waals surface area (Å²) in [5.41, 5.74) is 5.90. The number of benzene rings is 1. The van der Waals surface area contributed by atoms with E-state index in [-0.39, 0.29) is 30.3 Å². The summed E-state index contributed by atoms with van der Waals surface area (Å²) < 4.78 is 10.6. The average Bonchev–Trinajstić information content (AvgIpc) is 2.65. The average molecular weight is 404 g/mol. The molecule has 1 aromatic carbocycles. The number of amides is 2. The van der Waals surface area contributed by atoms with Gasteiger partial charge in [-0.3, -0.25) is 14.4 Å². The molecule has 1 aliphatic rings. The summed E-state index contributed by atoms with van der Waals surface area (Å²) in [6, 6.07) is 5.02. The molecule has 0 fully saturated rings. The Kier molecular flexibility index (Phi) is 5.88. The standard InChI is InChI=1S/C18H20N4O5S/c1-3-28-18-21-16-15(17(25)22-18)10(7-14(24)20-16)9-4-5-11(12(6-9)26-2)27-8-13(19)23/h4-6,10H,3,7-8H2,1-2H3,(H2,19,23)(H2,20,21,22,24,25). The lowest BCUT2D eigenvalue weighted by Gasteiger charge is -2.25. The normalized spacial score (nSPS) is 15.5. The molecule has 0 saturated carbocycles. The number of H-pyrrole nitrogens is 1. The van der Waals surface area contributed by atoms with Crippen molar-refractivity contribution in [1.29, 1.82) is 0 Å². The van der Waals surface area contributed by atoms with E-state index >= 15 is 0 Å². The predicted molar refractivity (Wildman–Crippen MR) is 104 cm³/mol. The molecule has 3 rings (SSSR count). The van der Waals surface area contributed by atoms with Gasteiger partial charge in [0.25, 0.3) is 11.5 Å². The van der Waals surface area contributed by atoms with Crippen molar-refractivity contribution in [2.45, 2.75) is 24.4 Å². The van der Waals surface area contributed by atoms with Gasteiger partial charge in [0.15, 0.2) is 23.3 Å². The number of aromatic nitrogens is 2. The molecule has 1 atom stereocenters. The van der Waals surface area contributed by atoms with Gasteiger partial charge in [0.1, 0.15) is 5.82 Å². The fourth-order valence-corrected chi connectivity index (χ4v) is 3.60. The number of nitrogens with zero attached hydrogens (tertiary/aromatic N) is 1. The summed E-state index contributed by atoms with van der Waals surface area (Å²) >= 11 is 1.38. The first-order valence-electron chi connectivity index (χ1n) is 8.58.